The summed E-state index contributed by atoms with van der Waals surface area (Å²) in [5.74, 6) is 0.678. The van der Waals surface area contributed by atoms with Crippen molar-refractivity contribution in [2.45, 2.75) is 43.1 Å². The molecule has 28 heavy (non-hydrogen) atoms. The maximum atomic E-state index is 13.5. The molecule has 0 spiro atoms. The Morgan fingerprint density at radius 2 is 1.68 bits per heavy atom. The number of hydrogen-bond donors (Lipinski definition) is 0. The van der Waals surface area contributed by atoms with E-state index in [0.717, 1.165) is 36.3 Å². The number of likely N-dealkylation sites (tertiary alicyclic amines) is 1. The monoisotopic (exact) mass is 396 g/mol. The first-order chi connectivity index (χ1) is 13.7. The van der Waals surface area contributed by atoms with E-state index in [1.807, 2.05) is 6.07 Å². The Balaban J connectivity index is 1.64. The van der Waals surface area contributed by atoms with E-state index in [4.69, 9.17) is 0 Å². The zero-order valence-corrected chi connectivity index (χ0v) is 16.9. The topological polar surface area (TPSA) is 34.0 Å². The van der Waals surface area contributed by atoms with Gasteiger partial charge in [-0.3, -0.25) is 9.47 Å². The second-order valence-electron chi connectivity index (χ2n) is 7.22. The SMILES string of the molecule is CC(Sc1nnc(CN2CCCCC2)n1-c1ccc(F)cc1)c1ccccc1. The van der Waals surface area contributed by atoms with E-state index >= 15 is 0 Å². The minimum atomic E-state index is -0.235. The quantitative estimate of drug-likeness (QED) is 0.533. The molecule has 0 saturated carbocycles. The minimum absolute atomic E-state index is 0.235. The van der Waals surface area contributed by atoms with E-state index in [1.54, 1.807) is 23.9 Å². The van der Waals surface area contributed by atoms with E-state index in [0.29, 0.717) is 0 Å². The van der Waals surface area contributed by atoms with E-state index in [-0.39, 0.29) is 11.1 Å². The van der Waals surface area contributed by atoms with Crippen LogP contribution < -0.4 is 0 Å². The van der Waals surface area contributed by atoms with Crippen LogP contribution in [-0.2, 0) is 6.54 Å². The molecule has 1 aliphatic rings. The smallest absolute Gasteiger partial charge is 0.196 e. The molecule has 0 bridgehead atoms. The molecular weight excluding hydrogens is 371 g/mol. The highest BCUT2D eigenvalue weighted by Gasteiger charge is 2.20. The Morgan fingerprint density at radius 3 is 2.39 bits per heavy atom. The van der Waals surface area contributed by atoms with Gasteiger partial charge < -0.3 is 0 Å². The van der Waals surface area contributed by atoms with Crippen molar-refractivity contribution in [3.05, 3.63) is 71.8 Å². The molecule has 1 aliphatic heterocycles. The highest BCUT2D eigenvalue weighted by Crippen LogP contribution is 2.35. The van der Waals surface area contributed by atoms with Crippen molar-refractivity contribution in [2.24, 2.45) is 0 Å². The van der Waals surface area contributed by atoms with Crippen LogP contribution in [0.1, 0.15) is 42.8 Å². The van der Waals surface area contributed by atoms with E-state index < -0.39 is 0 Å². The molecule has 2 aromatic carbocycles. The minimum Gasteiger partial charge on any atom is -0.296 e. The number of thioether (sulfide) groups is 1. The summed E-state index contributed by atoms with van der Waals surface area (Å²) in [6.07, 6.45) is 3.77. The maximum absolute atomic E-state index is 13.5. The Labute approximate surface area is 169 Å². The lowest BCUT2D eigenvalue weighted by Gasteiger charge is -2.26. The van der Waals surface area contributed by atoms with Crippen molar-refractivity contribution < 1.29 is 4.39 Å². The predicted octanol–water partition coefficient (Wildman–Crippen LogP) is 5.25. The fraction of sp³-hybridized carbons (Fsp3) is 0.364. The summed E-state index contributed by atoms with van der Waals surface area (Å²) >= 11 is 1.68. The standard InChI is InChI=1S/C22H25FN4S/c1-17(18-8-4-2-5-9-18)28-22-25-24-21(16-26-14-6-3-7-15-26)27(22)20-12-10-19(23)11-13-20/h2,4-5,8-13,17H,3,6-7,14-16H2,1H3. The molecule has 4 rings (SSSR count). The molecule has 4 nitrogen and oxygen atoms in total. The van der Waals surface area contributed by atoms with Crippen LogP contribution in [0.2, 0.25) is 0 Å². The number of rotatable bonds is 6. The lowest BCUT2D eigenvalue weighted by molar-refractivity contribution is 0.214. The van der Waals surface area contributed by atoms with Gasteiger partial charge in [0, 0.05) is 10.9 Å². The molecule has 0 amide bonds. The number of hydrogen-bond acceptors (Lipinski definition) is 4. The van der Waals surface area contributed by atoms with Gasteiger partial charge in [-0.25, -0.2) is 4.39 Å². The molecule has 1 unspecified atom stereocenters. The molecule has 1 aromatic heterocycles. The van der Waals surface area contributed by atoms with Crippen LogP contribution in [0.5, 0.6) is 0 Å². The van der Waals surface area contributed by atoms with Gasteiger partial charge in [-0.15, -0.1) is 10.2 Å². The molecule has 1 fully saturated rings. The Kier molecular flexibility index (Phi) is 6.07. The summed E-state index contributed by atoms with van der Waals surface area (Å²) < 4.78 is 15.6. The number of piperidine rings is 1. The highest BCUT2D eigenvalue weighted by atomic mass is 32.2. The molecule has 0 N–H and O–H groups in total. The number of halogens is 1. The molecule has 2 heterocycles. The van der Waals surface area contributed by atoms with Gasteiger partial charge in [-0.2, -0.15) is 0 Å². The van der Waals surface area contributed by atoms with Crippen LogP contribution in [0.4, 0.5) is 4.39 Å². The van der Waals surface area contributed by atoms with Gasteiger partial charge in [-0.1, -0.05) is 48.5 Å². The van der Waals surface area contributed by atoms with Crippen LogP contribution in [0.25, 0.3) is 5.69 Å². The molecule has 1 saturated heterocycles. The van der Waals surface area contributed by atoms with Gasteiger partial charge in [-0.05, 0) is 62.7 Å². The summed E-state index contributed by atoms with van der Waals surface area (Å²) in [6.45, 7) is 5.14. The first-order valence-corrected chi connectivity index (χ1v) is 10.7. The van der Waals surface area contributed by atoms with Crippen molar-refractivity contribution in [3.8, 4) is 5.69 Å². The van der Waals surface area contributed by atoms with Crippen LogP contribution in [0.15, 0.2) is 59.8 Å². The lowest BCUT2D eigenvalue weighted by atomic mass is 10.1. The molecule has 146 valence electrons. The van der Waals surface area contributed by atoms with Crippen molar-refractivity contribution in [3.63, 3.8) is 0 Å². The summed E-state index contributed by atoms with van der Waals surface area (Å²) in [6, 6.07) is 17.0. The normalized spacial score (nSPS) is 16.2. The fourth-order valence-electron chi connectivity index (χ4n) is 3.60. The third kappa shape index (κ3) is 4.45. The average molecular weight is 397 g/mol. The van der Waals surface area contributed by atoms with Gasteiger partial charge in [0.15, 0.2) is 11.0 Å². The largest absolute Gasteiger partial charge is 0.296 e. The number of benzene rings is 2. The molecule has 1 atom stereocenters. The van der Waals surface area contributed by atoms with Crippen LogP contribution in [0.3, 0.4) is 0 Å². The van der Waals surface area contributed by atoms with Crippen molar-refractivity contribution in [1.82, 2.24) is 19.7 Å². The summed E-state index contributed by atoms with van der Waals surface area (Å²) in [4.78, 5) is 2.43. The molecule has 3 aromatic rings. The molecular formula is C22H25FN4S. The number of nitrogens with zero attached hydrogens (tertiary/aromatic N) is 4. The molecule has 6 heteroatoms. The first kappa shape index (κ1) is 19.2. The molecule has 0 radical (unpaired) electrons. The van der Waals surface area contributed by atoms with Crippen LogP contribution in [0, 0.1) is 5.82 Å². The summed E-state index contributed by atoms with van der Waals surface area (Å²) in [5.41, 5.74) is 2.15. The predicted molar refractivity (Wildman–Crippen MR) is 111 cm³/mol. The van der Waals surface area contributed by atoms with Gasteiger partial charge in [0.05, 0.1) is 6.54 Å². The van der Waals surface area contributed by atoms with Crippen molar-refractivity contribution in [2.75, 3.05) is 13.1 Å². The van der Waals surface area contributed by atoms with Gasteiger partial charge in [0.25, 0.3) is 0 Å². The molecule has 0 aliphatic carbocycles. The second-order valence-corrected chi connectivity index (χ2v) is 8.53. The summed E-state index contributed by atoms with van der Waals surface area (Å²) in [5, 5.41) is 10.1. The van der Waals surface area contributed by atoms with Crippen molar-refractivity contribution >= 4 is 11.8 Å². The zero-order valence-electron chi connectivity index (χ0n) is 16.1. The average Bonchev–Trinajstić information content (AvgIpc) is 3.12. The Bertz CT molecular complexity index is 889. The van der Waals surface area contributed by atoms with Crippen LogP contribution >= 0.6 is 11.8 Å². The number of aromatic nitrogens is 3. The second kappa shape index (κ2) is 8.88. The van der Waals surface area contributed by atoms with Gasteiger partial charge in [0.2, 0.25) is 0 Å². The van der Waals surface area contributed by atoms with E-state index in [2.05, 4.69) is 50.9 Å². The Hall–Kier alpha value is -2.18. The first-order valence-electron chi connectivity index (χ1n) is 9.85. The van der Waals surface area contributed by atoms with E-state index in [9.17, 15) is 4.39 Å². The fourth-order valence-corrected chi connectivity index (χ4v) is 4.61. The third-order valence-electron chi connectivity index (χ3n) is 5.15. The highest BCUT2D eigenvalue weighted by molar-refractivity contribution is 7.99. The van der Waals surface area contributed by atoms with E-state index in [1.165, 1.54) is 37.0 Å². The summed E-state index contributed by atoms with van der Waals surface area (Å²) in [7, 11) is 0. The lowest BCUT2D eigenvalue weighted by Crippen LogP contribution is -2.30. The van der Waals surface area contributed by atoms with Crippen LogP contribution in [-0.4, -0.2) is 32.8 Å². The van der Waals surface area contributed by atoms with Crippen molar-refractivity contribution in [1.29, 1.82) is 0 Å². The van der Waals surface area contributed by atoms with Gasteiger partial charge >= 0.3 is 0 Å². The zero-order chi connectivity index (χ0) is 19.3. The van der Waals surface area contributed by atoms with Gasteiger partial charge in [0.1, 0.15) is 5.82 Å². The maximum Gasteiger partial charge on any atom is 0.196 e. The third-order valence-corrected chi connectivity index (χ3v) is 6.25. The Morgan fingerprint density at radius 1 is 0.964 bits per heavy atom.